The fraction of sp³-hybridized carbons (Fsp3) is 0.938. The van der Waals surface area contributed by atoms with Crippen LogP contribution in [0.1, 0.15) is 27.2 Å². The van der Waals surface area contributed by atoms with Gasteiger partial charge >= 0.3 is 0 Å². The number of hydrogen-bond acceptors (Lipinski definition) is 5. The first-order valence-corrected chi connectivity index (χ1v) is 8.28. The van der Waals surface area contributed by atoms with Crippen molar-refractivity contribution >= 4 is 5.91 Å². The lowest BCUT2D eigenvalue weighted by atomic mass is 10.1. The zero-order chi connectivity index (χ0) is 17.5. The number of likely N-dealkylation sites (N-methyl/N-ethyl adjacent to an activating group) is 1. The van der Waals surface area contributed by atoms with Gasteiger partial charge in [-0.15, -0.1) is 0 Å². The van der Waals surface area contributed by atoms with E-state index in [9.17, 15) is 9.18 Å². The van der Waals surface area contributed by atoms with Crippen LogP contribution in [0.5, 0.6) is 0 Å². The number of amides is 1. The highest BCUT2D eigenvalue weighted by Gasteiger charge is 2.11. The van der Waals surface area contributed by atoms with Crippen molar-refractivity contribution in [2.75, 3.05) is 53.2 Å². The monoisotopic (exact) mass is 336 g/mol. The third-order valence-electron chi connectivity index (χ3n) is 2.89. The summed E-state index contributed by atoms with van der Waals surface area (Å²) in [6.07, 6.45) is -0.914. The number of hydrogen-bond donors (Lipinski definition) is 2. The maximum Gasteiger partial charge on any atom is 0.220 e. The summed E-state index contributed by atoms with van der Waals surface area (Å²) in [7, 11) is 1.87. The number of nitrogens with one attached hydrogen (secondary N) is 2. The van der Waals surface area contributed by atoms with Crippen LogP contribution < -0.4 is 10.6 Å². The van der Waals surface area contributed by atoms with Gasteiger partial charge in [-0.3, -0.25) is 4.79 Å². The van der Waals surface area contributed by atoms with Crippen molar-refractivity contribution in [3.63, 3.8) is 0 Å². The molecule has 7 heteroatoms. The molecular weight excluding hydrogens is 303 g/mol. The number of alkyl halides is 1. The Morgan fingerprint density at radius 3 is 2.48 bits per heavy atom. The molecule has 2 N–H and O–H groups in total. The molecule has 0 saturated heterocycles. The quantitative estimate of drug-likeness (QED) is 0.439. The minimum Gasteiger partial charge on any atom is -0.378 e. The van der Waals surface area contributed by atoms with Gasteiger partial charge in [0.05, 0.1) is 45.7 Å². The summed E-state index contributed by atoms with van der Waals surface area (Å²) >= 11 is 0. The SMILES string of the molecule is CNCCOCCOC(C)COCC(F)CNC(=O)CC(C)C. The molecule has 6 nitrogen and oxygen atoms in total. The molecular formula is C16H33FN2O4. The second-order valence-electron chi connectivity index (χ2n) is 5.93. The normalized spacial score (nSPS) is 14.0. The van der Waals surface area contributed by atoms with Crippen LogP contribution in [-0.4, -0.2) is 71.4 Å². The van der Waals surface area contributed by atoms with Crippen LogP contribution >= 0.6 is 0 Å². The van der Waals surface area contributed by atoms with Gasteiger partial charge in [0.15, 0.2) is 0 Å². The molecule has 138 valence electrons. The van der Waals surface area contributed by atoms with Crippen molar-refractivity contribution < 1.29 is 23.4 Å². The van der Waals surface area contributed by atoms with Gasteiger partial charge in [-0.1, -0.05) is 13.8 Å². The Morgan fingerprint density at radius 2 is 1.83 bits per heavy atom. The lowest BCUT2D eigenvalue weighted by Crippen LogP contribution is -2.33. The zero-order valence-electron chi connectivity index (χ0n) is 14.9. The lowest BCUT2D eigenvalue weighted by molar-refractivity contribution is -0.122. The maximum absolute atomic E-state index is 13.6. The van der Waals surface area contributed by atoms with Crippen LogP contribution in [0.4, 0.5) is 4.39 Å². The van der Waals surface area contributed by atoms with E-state index in [0.29, 0.717) is 32.8 Å². The van der Waals surface area contributed by atoms with Crippen molar-refractivity contribution in [2.24, 2.45) is 5.92 Å². The maximum atomic E-state index is 13.6. The number of ether oxygens (including phenoxy) is 3. The molecule has 2 unspecified atom stereocenters. The standard InChI is InChI=1S/C16H33FN2O4/c1-13(2)9-16(20)19-10-15(17)12-22-11-14(3)23-8-7-21-6-5-18-4/h13-15,18H,5-12H2,1-4H3,(H,19,20). The molecule has 0 bridgehead atoms. The smallest absolute Gasteiger partial charge is 0.220 e. The molecule has 0 aromatic carbocycles. The van der Waals surface area contributed by atoms with E-state index in [4.69, 9.17) is 14.2 Å². The van der Waals surface area contributed by atoms with Gasteiger partial charge in [0.2, 0.25) is 5.91 Å². The second-order valence-corrected chi connectivity index (χ2v) is 5.93. The van der Waals surface area contributed by atoms with Crippen LogP contribution in [0.2, 0.25) is 0 Å². The highest BCUT2D eigenvalue weighted by Crippen LogP contribution is 1.99. The summed E-state index contributed by atoms with van der Waals surface area (Å²) in [5.74, 6) is 0.141. The molecule has 0 saturated carbocycles. The van der Waals surface area contributed by atoms with Crippen molar-refractivity contribution in [3.05, 3.63) is 0 Å². The predicted octanol–water partition coefficient (Wildman–Crippen LogP) is 1.14. The van der Waals surface area contributed by atoms with E-state index in [1.54, 1.807) is 0 Å². The molecule has 0 aromatic rings. The number of rotatable bonds is 15. The van der Waals surface area contributed by atoms with Gasteiger partial charge in [-0.25, -0.2) is 4.39 Å². The first-order chi connectivity index (χ1) is 11.0. The Labute approximate surface area is 139 Å². The zero-order valence-corrected chi connectivity index (χ0v) is 14.9. The van der Waals surface area contributed by atoms with E-state index < -0.39 is 6.17 Å². The Hall–Kier alpha value is -0.760. The van der Waals surface area contributed by atoms with Crippen LogP contribution in [-0.2, 0) is 19.0 Å². The summed E-state index contributed by atoms with van der Waals surface area (Å²) < 4.78 is 29.6. The summed E-state index contributed by atoms with van der Waals surface area (Å²) in [5, 5.41) is 5.55. The summed E-state index contributed by atoms with van der Waals surface area (Å²) in [5.41, 5.74) is 0. The topological polar surface area (TPSA) is 68.8 Å². The van der Waals surface area contributed by atoms with Gasteiger partial charge in [-0.05, 0) is 19.9 Å². The molecule has 0 radical (unpaired) electrons. The van der Waals surface area contributed by atoms with E-state index in [0.717, 1.165) is 6.54 Å². The first kappa shape index (κ1) is 22.2. The van der Waals surface area contributed by atoms with Crippen LogP contribution in [0, 0.1) is 5.92 Å². The fourth-order valence-electron chi connectivity index (χ4n) is 1.72. The Kier molecular flexibility index (Phi) is 14.3. The number of carbonyl (C=O) groups excluding carboxylic acids is 1. The number of halogens is 1. The van der Waals surface area contributed by atoms with Crippen molar-refractivity contribution in [3.8, 4) is 0 Å². The molecule has 0 aliphatic carbocycles. The van der Waals surface area contributed by atoms with Gasteiger partial charge in [0.1, 0.15) is 6.17 Å². The van der Waals surface area contributed by atoms with Gasteiger partial charge < -0.3 is 24.8 Å². The largest absolute Gasteiger partial charge is 0.378 e. The molecule has 0 rings (SSSR count). The first-order valence-electron chi connectivity index (χ1n) is 8.28. The van der Waals surface area contributed by atoms with Gasteiger partial charge in [0.25, 0.3) is 0 Å². The van der Waals surface area contributed by atoms with Crippen LogP contribution in [0.25, 0.3) is 0 Å². The summed E-state index contributed by atoms with van der Waals surface area (Å²) in [6.45, 7) is 8.49. The molecule has 0 aromatic heterocycles. The fourth-order valence-corrected chi connectivity index (χ4v) is 1.72. The predicted molar refractivity (Wildman–Crippen MR) is 88.3 cm³/mol. The van der Waals surface area contributed by atoms with E-state index >= 15 is 0 Å². The van der Waals surface area contributed by atoms with E-state index in [1.807, 2.05) is 27.8 Å². The third kappa shape index (κ3) is 15.9. The Balaban J connectivity index is 3.48. The van der Waals surface area contributed by atoms with Crippen molar-refractivity contribution in [1.82, 2.24) is 10.6 Å². The van der Waals surface area contributed by atoms with Crippen molar-refractivity contribution in [1.29, 1.82) is 0 Å². The average molecular weight is 336 g/mol. The highest BCUT2D eigenvalue weighted by molar-refractivity contribution is 5.76. The Bertz CT molecular complexity index is 293. The number of carbonyl (C=O) groups is 1. The lowest BCUT2D eigenvalue weighted by Gasteiger charge is -2.15. The summed E-state index contributed by atoms with van der Waals surface area (Å²) in [4.78, 5) is 11.4. The molecule has 0 aliphatic heterocycles. The van der Waals surface area contributed by atoms with E-state index in [-0.39, 0.29) is 31.1 Å². The van der Waals surface area contributed by atoms with Gasteiger partial charge in [-0.2, -0.15) is 0 Å². The molecule has 0 fully saturated rings. The Morgan fingerprint density at radius 1 is 1.09 bits per heavy atom. The molecule has 0 heterocycles. The molecule has 2 atom stereocenters. The highest BCUT2D eigenvalue weighted by atomic mass is 19.1. The van der Waals surface area contributed by atoms with Crippen molar-refractivity contribution in [2.45, 2.75) is 39.5 Å². The van der Waals surface area contributed by atoms with E-state index in [1.165, 1.54) is 0 Å². The molecule has 0 aliphatic rings. The van der Waals surface area contributed by atoms with Gasteiger partial charge in [0, 0.05) is 13.0 Å². The molecule has 0 spiro atoms. The minimum absolute atomic E-state index is 0.0138. The van der Waals surface area contributed by atoms with Crippen LogP contribution in [0.15, 0.2) is 0 Å². The average Bonchev–Trinajstić information content (AvgIpc) is 2.48. The third-order valence-corrected chi connectivity index (χ3v) is 2.89. The minimum atomic E-state index is -1.21. The summed E-state index contributed by atoms with van der Waals surface area (Å²) in [6, 6.07) is 0. The van der Waals surface area contributed by atoms with E-state index in [2.05, 4.69) is 10.6 Å². The molecule has 1 amide bonds. The molecule has 23 heavy (non-hydrogen) atoms. The van der Waals surface area contributed by atoms with Crippen LogP contribution in [0.3, 0.4) is 0 Å². The second kappa shape index (κ2) is 14.8.